The van der Waals surface area contributed by atoms with Gasteiger partial charge in [-0.3, -0.25) is 9.59 Å². The van der Waals surface area contributed by atoms with E-state index in [2.05, 4.69) is 11.7 Å². The number of methoxy groups -OCH3 is 1. The van der Waals surface area contributed by atoms with E-state index in [1.807, 2.05) is 20.8 Å². The molecular formula is C18H32O5. The van der Waals surface area contributed by atoms with E-state index in [0.29, 0.717) is 12.8 Å². The Balaban J connectivity index is 2.76. The van der Waals surface area contributed by atoms with Gasteiger partial charge in [-0.25, -0.2) is 0 Å². The first-order valence-corrected chi connectivity index (χ1v) is 8.75. The monoisotopic (exact) mass is 328 g/mol. The zero-order chi connectivity index (χ0) is 17.6. The van der Waals surface area contributed by atoms with Crippen LogP contribution in [0.1, 0.15) is 66.2 Å². The molecule has 0 bridgehead atoms. The number of ether oxygens (including phenoxy) is 2. The molecule has 0 aromatic rings. The predicted octanol–water partition coefficient (Wildman–Crippen LogP) is 2.88. The minimum absolute atomic E-state index is 0.000385. The molecule has 0 saturated carbocycles. The Morgan fingerprint density at radius 2 is 2.00 bits per heavy atom. The number of rotatable bonds is 9. The number of ketones is 1. The van der Waals surface area contributed by atoms with Gasteiger partial charge in [0, 0.05) is 6.42 Å². The average molecular weight is 328 g/mol. The molecule has 0 radical (unpaired) electrons. The minimum Gasteiger partial charge on any atom is -0.469 e. The standard InChI is InChI=1S/C18H32O5/c1-6-12(15(20)9-16(21)22-5)10-18(4)11-13(7-2)17(23-18)14(19)8-3/h12-13,15,17,20H,6-11H2,1-5H3. The zero-order valence-corrected chi connectivity index (χ0v) is 15.1. The fraction of sp³-hybridized carbons (Fsp3) is 0.889. The Kier molecular flexibility index (Phi) is 7.68. The predicted molar refractivity (Wildman–Crippen MR) is 88.0 cm³/mol. The molecule has 5 unspecified atom stereocenters. The van der Waals surface area contributed by atoms with Gasteiger partial charge in [-0.1, -0.05) is 33.6 Å². The van der Waals surface area contributed by atoms with E-state index in [-0.39, 0.29) is 30.1 Å². The third-order valence-electron chi connectivity index (χ3n) is 5.09. The maximum absolute atomic E-state index is 12.1. The lowest BCUT2D eigenvalue weighted by Crippen LogP contribution is -2.35. The molecular weight excluding hydrogens is 296 g/mol. The van der Waals surface area contributed by atoms with E-state index >= 15 is 0 Å². The van der Waals surface area contributed by atoms with E-state index in [9.17, 15) is 14.7 Å². The first-order chi connectivity index (χ1) is 10.8. The van der Waals surface area contributed by atoms with Gasteiger partial charge < -0.3 is 14.6 Å². The molecule has 1 heterocycles. The fourth-order valence-corrected chi connectivity index (χ4v) is 3.66. The molecule has 5 heteroatoms. The van der Waals surface area contributed by atoms with Crippen molar-refractivity contribution in [2.45, 2.75) is 84.0 Å². The third kappa shape index (κ3) is 5.28. The molecule has 1 N–H and O–H groups in total. The van der Waals surface area contributed by atoms with Crippen LogP contribution in [0.2, 0.25) is 0 Å². The van der Waals surface area contributed by atoms with Gasteiger partial charge in [0.15, 0.2) is 5.78 Å². The van der Waals surface area contributed by atoms with Gasteiger partial charge in [-0.2, -0.15) is 0 Å². The molecule has 0 aromatic heterocycles. The normalized spacial score (nSPS) is 30.0. The van der Waals surface area contributed by atoms with Gasteiger partial charge >= 0.3 is 5.97 Å². The van der Waals surface area contributed by atoms with Gasteiger partial charge in [-0.15, -0.1) is 0 Å². The molecule has 5 nitrogen and oxygen atoms in total. The summed E-state index contributed by atoms with van der Waals surface area (Å²) in [4.78, 5) is 23.5. The third-order valence-corrected chi connectivity index (χ3v) is 5.09. The van der Waals surface area contributed by atoms with Crippen LogP contribution in [0.15, 0.2) is 0 Å². The SMILES string of the molecule is CCC(=O)C1OC(C)(CC(CC)C(O)CC(=O)OC)CC1CC. The van der Waals surface area contributed by atoms with Crippen LogP contribution in [-0.2, 0) is 19.1 Å². The van der Waals surface area contributed by atoms with Crippen molar-refractivity contribution in [3.05, 3.63) is 0 Å². The van der Waals surface area contributed by atoms with Crippen molar-refractivity contribution in [3.8, 4) is 0 Å². The quantitative estimate of drug-likeness (QED) is 0.659. The summed E-state index contributed by atoms with van der Waals surface area (Å²) >= 11 is 0. The van der Waals surface area contributed by atoms with Crippen LogP contribution < -0.4 is 0 Å². The Labute approximate surface area is 139 Å². The largest absolute Gasteiger partial charge is 0.469 e. The first kappa shape index (κ1) is 20.1. The van der Waals surface area contributed by atoms with E-state index in [1.54, 1.807) is 0 Å². The van der Waals surface area contributed by atoms with Crippen molar-refractivity contribution in [2.75, 3.05) is 7.11 Å². The maximum atomic E-state index is 12.1. The van der Waals surface area contributed by atoms with Crippen LogP contribution >= 0.6 is 0 Å². The number of hydrogen-bond acceptors (Lipinski definition) is 5. The second kappa shape index (κ2) is 8.78. The van der Waals surface area contributed by atoms with Gasteiger partial charge in [0.1, 0.15) is 6.10 Å². The van der Waals surface area contributed by atoms with Crippen LogP contribution in [0.4, 0.5) is 0 Å². The lowest BCUT2D eigenvalue weighted by Gasteiger charge is -2.31. The number of carbonyl (C=O) groups excluding carboxylic acids is 2. The van der Waals surface area contributed by atoms with E-state index in [1.165, 1.54) is 7.11 Å². The number of carbonyl (C=O) groups is 2. The van der Waals surface area contributed by atoms with Gasteiger partial charge in [0.2, 0.25) is 0 Å². The van der Waals surface area contributed by atoms with Crippen LogP contribution in [0, 0.1) is 11.8 Å². The van der Waals surface area contributed by atoms with Crippen LogP contribution in [-0.4, -0.2) is 41.8 Å². The Bertz CT molecular complexity index is 408. The second-order valence-electron chi connectivity index (χ2n) is 6.90. The molecule has 5 atom stereocenters. The molecule has 0 aliphatic carbocycles. The van der Waals surface area contributed by atoms with Crippen molar-refractivity contribution in [1.29, 1.82) is 0 Å². The number of hydrogen-bond donors (Lipinski definition) is 1. The molecule has 1 rings (SSSR count). The highest BCUT2D eigenvalue weighted by Gasteiger charge is 2.46. The Morgan fingerprint density at radius 3 is 2.48 bits per heavy atom. The average Bonchev–Trinajstić information content (AvgIpc) is 2.88. The summed E-state index contributed by atoms with van der Waals surface area (Å²) in [6.45, 7) is 7.96. The van der Waals surface area contributed by atoms with E-state index in [4.69, 9.17) is 4.74 Å². The second-order valence-corrected chi connectivity index (χ2v) is 6.90. The van der Waals surface area contributed by atoms with Gasteiger partial charge in [0.25, 0.3) is 0 Å². The summed E-state index contributed by atoms with van der Waals surface area (Å²) in [5.41, 5.74) is -0.423. The molecule has 134 valence electrons. The lowest BCUT2D eigenvalue weighted by atomic mass is 9.81. The van der Waals surface area contributed by atoms with Crippen LogP contribution in [0.25, 0.3) is 0 Å². The number of Topliss-reactive ketones (excluding diaryl/α,β-unsaturated/α-hetero) is 1. The van der Waals surface area contributed by atoms with Gasteiger partial charge in [-0.05, 0) is 31.6 Å². The van der Waals surface area contributed by atoms with Gasteiger partial charge in [0.05, 0.1) is 25.2 Å². The molecule has 1 aliphatic heterocycles. The highest BCUT2D eigenvalue weighted by molar-refractivity contribution is 5.83. The molecule has 1 fully saturated rings. The fourth-order valence-electron chi connectivity index (χ4n) is 3.66. The van der Waals surface area contributed by atoms with Crippen molar-refractivity contribution in [1.82, 2.24) is 0 Å². The summed E-state index contributed by atoms with van der Waals surface area (Å²) in [6.07, 6.45) is 2.54. The smallest absolute Gasteiger partial charge is 0.308 e. The Morgan fingerprint density at radius 1 is 1.35 bits per heavy atom. The zero-order valence-electron chi connectivity index (χ0n) is 15.1. The lowest BCUT2D eigenvalue weighted by molar-refractivity contribution is -0.144. The van der Waals surface area contributed by atoms with E-state index in [0.717, 1.165) is 19.3 Å². The molecule has 23 heavy (non-hydrogen) atoms. The van der Waals surface area contributed by atoms with Crippen molar-refractivity contribution >= 4 is 11.8 Å². The summed E-state index contributed by atoms with van der Waals surface area (Å²) < 4.78 is 10.8. The maximum Gasteiger partial charge on any atom is 0.308 e. The Hall–Kier alpha value is -0.940. The molecule has 1 saturated heterocycles. The molecule has 0 amide bonds. The minimum atomic E-state index is -0.742. The summed E-state index contributed by atoms with van der Waals surface area (Å²) in [5, 5.41) is 10.3. The summed E-state index contributed by atoms with van der Waals surface area (Å²) in [6, 6.07) is 0. The molecule has 0 spiro atoms. The van der Waals surface area contributed by atoms with Crippen molar-refractivity contribution in [2.24, 2.45) is 11.8 Å². The highest BCUT2D eigenvalue weighted by atomic mass is 16.5. The molecule has 0 aromatic carbocycles. The number of esters is 1. The summed E-state index contributed by atoms with van der Waals surface area (Å²) in [5.74, 6) is -0.0579. The number of aliphatic hydroxyl groups excluding tert-OH is 1. The summed E-state index contributed by atoms with van der Waals surface area (Å²) in [7, 11) is 1.32. The van der Waals surface area contributed by atoms with Crippen molar-refractivity contribution < 1.29 is 24.2 Å². The molecule has 1 aliphatic rings. The first-order valence-electron chi connectivity index (χ1n) is 8.75. The van der Waals surface area contributed by atoms with Crippen molar-refractivity contribution in [3.63, 3.8) is 0 Å². The van der Waals surface area contributed by atoms with E-state index < -0.39 is 17.7 Å². The van der Waals surface area contributed by atoms with Crippen LogP contribution in [0.3, 0.4) is 0 Å². The topological polar surface area (TPSA) is 72.8 Å². The van der Waals surface area contributed by atoms with Crippen LogP contribution in [0.5, 0.6) is 0 Å². The highest BCUT2D eigenvalue weighted by Crippen LogP contribution is 2.42. The number of aliphatic hydroxyl groups is 1.